The van der Waals surface area contributed by atoms with Crippen LogP contribution in [0.4, 0.5) is 8.78 Å². The van der Waals surface area contributed by atoms with Crippen LogP contribution in [0, 0.1) is 0 Å². The van der Waals surface area contributed by atoms with Gasteiger partial charge in [0.25, 0.3) is 0 Å². The molecule has 0 saturated heterocycles. The first-order chi connectivity index (χ1) is 8.98. The van der Waals surface area contributed by atoms with Crippen molar-refractivity contribution < 1.29 is 27.8 Å². The summed E-state index contributed by atoms with van der Waals surface area (Å²) in [5.74, 6) is -8.21. The van der Waals surface area contributed by atoms with E-state index in [9.17, 15) is 18.4 Å². The van der Waals surface area contributed by atoms with Crippen molar-refractivity contribution >= 4 is 11.8 Å². The SMILES string of the molecule is CCOC(=O)C(F)(F)C(=O)C1COc2ccccc21. The molecule has 4 nitrogen and oxygen atoms in total. The average molecular weight is 270 g/mol. The second-order valence-corrected chi connectivity index (χ2v) is 4.06. The van der Waals surface area contributed by atoms with Crippen molar-refractivity contribution in [1.82, 2.24) is 0 Å². The Morgan fingerprint density at radius 2 is 2.11 bits per heavy atom. The smallest absolute Gasteiger partial charge is 0.400 e. The number of hydrogen-bond donors (Lipinski definition) is 0. The first-order valence-corrected chi connectivity index (χ1v) is 5.79. The van der Waals surface area contributed by atoms with E-state index in [2.05, 4.69) is 4.74 Å². The monoisotopic (exact) mass is 270 g/mol. The highest BCUT2D eigenvalue weighted by atomic mass is 19.3. The second kappa shape index (κ2) is 4.95. The Hall–Kier alpha value is -1.98. The van der Waals surface area contributed by atoms with Gasteiger partial charge >= 0.3 is 11.9 Å². The number of carbonyl (C=O) groups excluding carboxylic acids is 2. The highest BCUT2D eigenvalue weighted by Gasteiger charge is 2.53. The molecule has 1 aromatic rings. The van der Waals surface area contributed by atoms with Gasteiger partial charge in [-0.25, -0.2) is 4.79 Å². The predicted molar refractivity (Wildman–Crippen MR) is 61.3 cm³/mol. The predicted octanol–water partition coefficient (Wildman–Crippen LogP) is 1.93. The fraction of sp³-hybridized carbons (Fsp3) is 0.385. The number of fused-ring (bicyclic) bond motifs is 1. The van der Waals surface area contributed by atoms with Gasteiger partial charge in [-0.3, -0.25) is 4.79 Å². The summed E-state index contributed by atoms with van der Waals surface area (Å²) in [5, 5.41) is 0. The molecule has 19 heavy (non-hydrogen) atoms. The summed E-state index contributed by atoms with van der Waals surface area (Å²) in [7, 11) is 0. The average Bonchev–Trinajstić information content (AvgIpc) is 2.81. The number of Topliss-reactive ketones (excluding diaryl/α,β-unsaturated/α-hetero) is 1. The Bertz CT molecular complexity index is 513. The maximum atomic E-state index is 13.7. The van der Waals surface area contributed by atoms with Gasteiger partial charge in [0.05, 0.1) is 12.5 Å². The Morgan fingerprint density at radius 3 is 2.79 bits per heavy atom. The fourth-order valence-corrected chi connectivity index (χ4v) is 1.92. The number of alkyl halides is 2. The molecule has 1 atom stereocenters. The van der Waals surface area contributed by atoms with Crippen LogP contribution >= 0.6 is 0 Å². The van der Waals surface area contributed by atoms with Crippen LogP contribution in [0.3, 0.4) is 0 Å². The van der Waals surface area contributed by atoms with Crippen molar-refractivity contribution in [3.8, 4) is 5.75 Å². The molecule has 1 heterocycles. The Labute approximate surface area is 108 Å². The van der Waals surface area contributed by atoms with E-state index in [1.807, 2.05) is 0 Å². The number of esters is 1. The van der Waals surface area contributed by atoms with E-state index in [1.165, 1.54) is 13.0 Å². The molecule has 1 unspecified atom stereocenters. The van der Waals surface area contributed by atoms with Crippen molar-refractivity contribution in [3.63, 3.8) is 0 Å². The third-order valence-electron chi connectivity index (χ3n) is 2.86. The first kappa shape index (κ1) is 13.5. The molecule has 0 fully saturated rings. The van der Waals surface area contributed by atoms with Crippen LogP contribution in [-0.4, -0.2) is 30.9 Å². The molecular weight excluding hydrogens is 258 g/mol. The van der Waals surface area contributed by atoms with Gasteiger partial charge in [-0.05, 0) is 13.0 Å². The van der Waals surface area contributed by atoms with Gasteiger partial charge in [-0.2, -0.15) is 8.78 Å². The highest BCUT2D eigenvalue weighted by Crippen LogP contribution is 2.37. The van der Waals surface area contributed by atoms with E-state index in [4.69, 9.17) is 4.74 Å². The normalized spacial score (nSPS) is 17.5. The lowest BCUT2D eigenvalue weighted by Crippen LogP contribution is -2.42. The van der Waals surface area contributed by atoms with Crippen LogP contribution in [0.25, 0.3) is 0 Å². The molecular formula is C13H12F2O4. The lowest BCUT2D eigenvalue weighted by Gasteiger charge is -2.16. The topological polar surface area (TPSA) is 52.6 Å². The van der Waals surface area contributed by atoms with Crippen LogP contribution in [0.2, 0.25) is 0 Å². The summed E-state index contributed by atoms with van der Waals surface area (Å²) < 4.78 is 36.7. The zero-order chi connectivity index (χ0) is 14.0. The number of para-hydroxylation sites is 1. The number of halogens is 2. The van der Waals surface area contributed by atoms with Crippen molar-refractivity contribution in [3.05, 3.63) is 29.8 Å². The summed E-state index contributed by atoms with van der Waals surface area (Å²) in [6.07, 6.45) is 0. The van der Waals surface area contributed by atoms with Gasteiger partial charge in [-0.1, -0.05) is 18.2 Å². The zero-order valence-electron chi connectivity index (χ0n) is 10.2. The second-order valence-electron chi connectivity index (χ2n) is 4.06. The number of rotatable bonds is 4. The van der Waals surface area contributed by atoms with E-state index in [-0.39, 0.29) is 13.2 Å². The number of hydrogen-bond acceptors (Lipinski definition) is 4. The first-order valence-electron chi connectivity index (χ1n) is 5.79. The van der Waals surface area contributed by atoms with Crippen molar-refractivity contribution in [2.45, 2.75) is 18.8 Å². The van der Waals surface area contributed by atoms with Crippen molar-refractivity contribution in [2.75, 3.05) is 13.2 Å². The molecule has 0 radical (unpaired) electrons. The molecule has 2 rings (SSSR count). The minimum absolute atomic E-state index is 0.187. The van der Waals surface area contributed by atoms with Crippen molar-refractivity contribution in [1.29, 1.82) is 0 Å². The molecule has 0 saturated carbocycles. The molecule has 0 bridgehead atoms. The maximum Gasteiger partial charge on any atom is 0.400 e. The molecule has 0 N–H and O–H groups in total. The van der Waals surface area contributed by atoms with Gasteiger partial charge in [0.1, 0.15) is 12.4 Å². The molecule has 0 amide bonds. The minimum atomic E-state index is -4.15. The Balaban J connectivity index is 2.24. The third kappa shape index (κ3) is 2.30. The molecule has 1 aromatic carbocycles. The van der Waals surface area contributed by atoms with E-state index in [1.54, 1.807) is 18.2 Å². The molecule has 0 aliphatic carbocycles. The van der Waals surface area contributed by atoms with Gasteiger partial charge in [0, 0.05) is 5.56 Å². The van der Waals surface area contributed by atoms with Gasteiger partial charge in [0.2, 0.25) is 5.78 Å². The summed E-state index contributed by atoms with van der Waals surface area (Å²) in [6, 6.07) is 6.42. The Kier molecular flexibility index (Phi) is 3.50. The molecule has 6 heteroatoms. The lowest BCUT2D eigenvalue weighted by atomic mass is 9.93. The molecule has 102 valence electrons. The highest BCUT2D eigenvalue weighted by molar-refractivity contribution is 6.08. The van der Waals surface area contributed by atoms with Crippen LogP contribution in [0.5, 0.6) is 5.75 Å². The van der Waals surface area contributed by atoms with E-state index >= 15 is 0 Å². The van der Waals surface area contributed by atoms with Crippen molar-refractivity contribution in [2.24, 2.45) is 0 Å². The maximum absolute atomic E-state index is 13.7. The fourth-order valence-electron chi connectivity index (χ4n) is 1.92. The van der Waals surface area contributed by atoms with Gasteiger partial charge < -0.3 is 9.47 Å². The standard InChI is InChI=1S/C13H12F2O4/c1-2-18-12(17)13(14,15)11(16)9-7-19-10-6-4-3-5-8(9)10/h3-6,9H,2,7H2,1H3. The molecule has 1 aliphatic rings. The van der Waals surface area contributed by atoms with Crippen LogP contribution in [0.1, 0.15) is 18.4 Å². The van der Waals surface area contributed by atoms with Crippen LogP contribution in [-0.2, 0) is 14.3 Å². The van der Waals surface area contributed by atoms with E-state index in [0.29, 0.717) is 11.3 Å². The van der Waals surface area contributed by atoms with Crippen LogP contribution < -0.4 is 4.74 Å². The summed E-state index contributed by atoms with van der Waals surface area (Å²) in [6.45, 7) is 0.999. The zero-order valence-corrected chi connectivity index (χ0v) is 10.2. The number of carbonyl (C=O) groups is 2. The summed E-state index contributed by atoms with van der Waals surface area (Å²) >= 11 is 0. The quantitative estimate of drug-likeness (QED) is 0.619. The molecule has 0 aromatic heterocycles. The third-order valence-corrected chi connectivity index (χ3v) is 2.86. The number of ketones is 1. The van der Waals surface area contributed by atoms with Gasteiger partial charge in [-0.15, -0.1) is 0 Å². The largest absolute Gasteiger partial charge is 0.492 e. The molecule has 1 aliphatic heterocycles. The van der Waals surface area contributed by atoms with E-state index < -0.39 is 23.6 Å². The number of ether oxygens (including phenoxy) is 2. The van der Waals surface area contributed by atoms with Gasteiger partial charge in [0.15, 0.2) is 0 Å². The summed E-state index contributed by atoms with van der Waals surface area (Å²) in [4.78, 5) is 23.0. The lowest BCUT2D eigenvalue weighted by molar-refractivity contribution is -0.177. The van der Waals surface area contributed by atoms with Crippen LogP contribution in [0.15, 0.2) is 24.3 Å². The minimum Gasteiger partial charge on any atom is -0.492 e. The molecule has 0 spiro atoms. The van der Waals surface area contributed by atoms with E-state index in [0.717, 1.165) is 0 Å². The Morgan fingerprint density at radius 1 is 1.42 bits per heavy atom. The summed E-state index contributed by atoms with van der Waals surface area (Å²) in [5.41, 5.74) is 0.372. The number of benzene rings is 1.